The molecule has 1 atom stereocenters. The second-order valence-electron chi connectivity index (χ2n) is 7.29. The van der Waals surface area contributed by atoms with E-state index in [1.807, 2.05) is 18.2 Å². The van der Waals surface area contributed by atoms with Gasteiger partial charge in [0.25, 0.3) is 0 Å². The third kappa shape index (κ3) is 6.59. The van der Waals surface area contributed by atoms with Crippen LogP contribution in [0.2, 0.25) is 0 Å². The molecule has 3 rings (SSSR count). The molecule has 1 saturated heterocycles. The molecule has 0 saturated carbocycles. The van der Waals surface area contributed by atoms with E-state index in [1.54, 1.807) is 42.5 Å². The topological polar surface area (TPSA) is 129 Å². The molecule has 1 unspecified atom stereocenters. The molecule has 1 heterocycles. The van der Waals surface area contributed by atoms with Gasteiger partial charge in [-0.2, -0.15) is 10.5 Å². The van der Waals surface area contributed by atoms with Crippen LogP contribution in [0.15, 0.2) is 48.5 Å². The van der Waals surface area contributed by atoms with Crippen molar-refractivity contribution in [1.29, 1.82) is 10.5 Å². The first-order chi connectivity index (χ1) is 17.0. The van der Waals surface area contributed by atoms with E-state index in [2.05, 4.69) is 0 Å². The van der Waals surface area contributed by atoms with Crippen LogP contribution < -0.4 is 9.47 Å². The highest BCUT2D eigenvalue weighted by Gasteiger charge is 2.52. The van der Waals surface area contributed by atoms with Crippen molar-refractivity contribution in [1.82, 2.24) is 0 Å². The number of benzene rings is 2. The Hall–Kier alpha value is -2.95. The van der Waals surface area contributed by atoms with E-state index in [0.29, 0.717) is 22.6 Å². The van der Waals surface area contributed by atoms with Crippen LogP contribution in [0.25, 0.3) is 0 Å². The highest BCUT2D eigenvalue weighted by atomic mass is 31.2. The van der Waals surface area contributed by atoms with Crippen LogP contribution in [-0.4, -0.2) is 40.6 Å². The summed E-state index contributed by atoms with van der Waals surface area (Å²) >= 11 is 0. The summed E-state index contributed by atoms with van der Waals surface area (Å²) in [6.45, 7) is 0.0925. The molecular weight excluding hydrogens is 475 g/mol. The minimum atomic E-state index is -4.28. The molecule has 1 fully saturated rings. The van der Waals surface area contributed by atoms with Crippen LogP contribution in [-0.2, 0) is 33.4 Å². The van der Waals surface area contributed by atoms with Crippen molar-refractivity contribution in [3.05, 3.63) is 59.7 Å². The summed E-state index contributed by atoms with van der Waals surface area (Å²) in [4.78, 5) is 0. The normalized spacial score (nSPS) is 15.7. The Morgan fingerprint density at radius 2 is 1.49 bits per heavy atom. The fourth-order valence-electron chi connectivity index (χ4n) is 3.52. The van der Waals surface area contributed by atoms with Gasteiger partial charge in [0.2, 0.25) is 5.79 Å². The number of hydrogen-bond acceptors (Lipinski definition) is 10. The quantitative estimate of drug-likeness (QED) is 0.282. The Morgan fingerprint density at radius 3 is 1.97 bits per heavy atom. The van der Waals surface area contributed by atoms with Crippen LogP contribution in [0.1, 0.15) is 30.1 Å². The molecule has 0 radical (unpaired) electrons. The predicted molar refractivity (Wildman–Crippen MR) is 123 cm³/mol. The predicted octanol–water partition coefficient (Wildman–Crippen LogP) is 4.63. The van der Waals surface area contributed by atoms with Crippen molar-refractivity contribution >= 4 is 7.82 Å². The smallest absolute Gasteiger partial charge is 0.475 e. The molecule has 186 valence electrons. The van der Waals surface area contributed by atoms with Crippen molar-refractivity contribution < 1.29 is 37.1 Å². The Bertz CT molecular complexity index is 1050. The fraction of sp³-hybridized carbons (Fsp3) is 0.417. The molecule has 0 N–H and O–H groups in total. The molecule has 10 nitrogen and oxygen atoms in total. The second kappa shape index (κ2) is 12.7. The lowest BCUT2D eigenvalue weighted by Gasteiger charge is -2.37. The van der Waals surface area contributed by atoms with E-state index >= 15 is 0 Å². The molecule has 2 aromatic carbocycles. The zero-order valence-corrected chi connectivity index (χ0v) is 20.4. The van der Waals surface area contributed by atoms with Gasteiger partial charge in [0.15, 0.2) is 6.10 Å². The molecule has 11 heteroatoms. The lowest BCUT2D eigenvalue weighted by Crippen LogP contribution is -2.36. The summed E-state index contributed by atoms with van der Waals surface area (Å²) in [6.07, 6.45) is -1.19. The highest BCUT2D eigenvalue weighted by Crippen LogP contribution is 2.58. The van der Waals surface area contributed by atoms with E-state index < -0.39 is 19.7 Å². The third-order valence-corrected chi connectivity index (χ3v) is 6.55. The van der Waals surface area contributed by atoms with Crippen molar-refractivity contribution in [3.63, 3.8) is 0 Å². The van der Waals surface area contributed by atoms with Crippen molar-refractivity contribution in [2.24, 2.45) is 0 Å². The van der Waals surface area contributed by atoms with E-state index in [1.165, 1.54) is 14.2 Å². The van der Waals surface area contributed by atoms with E-state index in [4.69, 9.17) is 43.0 Å². The van der Waals surface area contributed by atoms with Crippen LogP contribution in [0.5, 0.6) is 11.5 Å². The van der Waals surface area contributed by atoms with E-state index in [9.17, 15) is 4.57 Å². The molecule has 0 spiro atoms. The summed E-state index contributed by atoms with van der Waals surface area (Å²) < 4.78 is 53.7. The van der Waals surface area contributed by atoms with Gasteiger partial charge < -0.3 is 18.9 Å². The minimum absolute atomic E-state index is 0.0316. The summed E-state index contributed by atoms with van der Waals surface area (Å²) in [5.41, 5.74) is 1.07. The maximum absolute atomic E-state index is 13.7. The Morgan fingerprint density at radius 1 is 0.943 bits per heavy atom. The summed E-state index contributed by atoms with van der Waals surface area (Å²) in [7, 11) is -1.24. The third-order valence-electron chi connectivity index (χ3n) is 5.08. The molecular formula is C24H27N2O8P. The lowest BCUT2D eigenvalue weighted by atomic mass is 9.94. The molecule has 0 amide bonds. The number of rotatable bonds is 13. The van der Waals surface area contributed by atoms with Gasteiger partial charge in [-0.3, -0.25) is 13.6 Å². The highest BCUT2D eigenvalue weighted by molar-refractivity contribution is 7.48. The first-order valence-electron chi connectivity index (χ1n) is 10.9. The van der Waals surface area contributed by atoms with Gasteiger partial charge in [0.05, 0.1) is 65.6 Å². The SMILES string of the molecule is COc1cc(OC)cc(C2(C(OP(=O)(OCCC#N)OCCC#N)c3ccccc3)OCCO2)c1. The summed E-state index contributed by atoms with van der Waals surface area (Å²) in [6, 6.07) is 17.9. The Kier molecular flexibility index (Phi) is 9.64. The molecule has 2 aromatic rings. The maximum Gasteiger partial charge on any atom is 0.475 e. The number of nitriles is 2. The van der Waals surface area contributed by atoms with Crippen LogP contribution in [0.4, 0.5) is 0 Å². The molecule has 0 bridgehead atoms. The number of phosphoric acid groups is 1. The zero-order chi connectivity index (χ0) is 25.2. The number of nitrogens with zero attached hydrogens (tertiary/aromatic N) is 2. The van der Waals surface area contributed by atoms with Crippen molar-refractivity contribution in [3.8, 4) is 23.6 Å². The van der Waals surface area contributed by atoms with Gasteiger partial charge in [-0.05, 0) is 17.7 Å². The summed E-state index contributed by atoms with van der Waals surface area (Å²) in [5, 5.41) is 17.8. The monoisotopic (exact) mass is 502 g/mol. The molecule has 0 aliphatic carbocycles. The van der Waals surface area contributed by atoms with Gasteiger partial charge in [-0.25, -0.2) is 4.57 Å². The van der Waals surface area contributed by atoms with Crippen molar-refractivity contribution in [2.75, 3.05) is 40.6 Å². The minimum Gasteiger partial charge on any atom is -0.497 e. The lowest BCUT2D eigenvalue weighted by molar-refractivity contribution is -0.229. The molecule has 0 aromatic heterocycles. The standard InChI is InChI=1S/C24H27N2O8P/c1-28-21-16-20(17-22(18-21)29-2)24(30-14-15-31-24)23(19-8-4-3-5-9-19)34-35(27,32-12-6-10-25)33-13-7-11-26/h3-5,8-9,16-18,23H,6-7,12-15H2,1-2H3. The van der Waals surface area contributed by atoms with Gasteiger partial charge in [0, 0.05) is 11.6 Å². The number of methoxy groups -OCH3 is 2. The van der Waals surface area contributed by atoms with Gasteiger partial charge >= 0.3 is 7.82 Å². The van der Waals surface area contributed by atoms with Crippen LogP contribution in [0.3, 0.4) is 0 Å². The number of phosphoric ester groups is 1. The van der Waals surface area contributed by atoms with Crippen LogP contribution in [0, 0.1) is 22.7 Å². The average molecular weight is 502 g/mol. The summed E-state index contributed by atoms with van der Waals surface area (Å²) in [5.74, 6) is -0.581. The largest absolute Gasteiger partial charge is 0.497 e. The van der Waals surface area contributed by atoms with Gasteiger partial charge in [0.1, 0.15) is 11.5 Å². The van der Waals surface area contributed by atoms with E-state index in [-0.39, 0.29) is 39.3 Å². The first kappa shape index (κ1) is 26.7. The average Bonchev–Trinajstić information content (AvgIpc) is 3.39. The molecule has 1 aliphatic heterocycles. The molecule has 35 heavy (non-hydrogen) atoms. The Labute approximate surface area is 204 Å². The maximum atomic E-state index is 13.7. The van der Waals surface area contributed by atoms with Crippen LogP contribution >= 0.6 is 7.82 Å². The van der Waals surface area contributed by atoms with E-state index in [0.717, 1.165) is 0 Å². The van der Waals surface area contributed by atoms with Gasteiger partial charge in [-0.15, -0.1) is 0 Å². The Balaban J connectivity index is 2.10. The molecule has 1 aliphatic rings. The number of hydrogen-bond donors (Lipinski definition) is 0. The second-order valence-corrected chi connectivity index (χ2v) is 8.91. The number of ether oxygens (including phenoxy) is 4. The zero-order valence-electron chi connectivity index (χ0n) is 19.5. The van der Waals surface area contributed by atoms with Gasteiger partial charge in [-0.1, -0.05) is 30.3 Å². The van der Waals surface area contributed by atoms with Crippen molar-refractivity contribution in [2.45, 2.75) is 24.7 Å². The fourth-order valence-corrected chi connectivity index (χ4v) is 4.86. The first-order valence-corrected chi connectivity index (χ1v) is 12.3.